The summed E-state index contributed by atoms with van der Waals surface area (Å²) in [5.74, 6) is 0.0289. The molecule has 0 aromatic heterocycles. The normalized spacial score (nSPS) is 10.7. The van der Waals surface area contributed by atoms with E-state index in [2.05, 4.69) is 10.6 Å². The van der Waals surface area contributed by atoms with Crippen LogP contribution in [-0.4, -0.2) is 17.6 Å². The fourth-order valence-corrected chi connectivity index (χ4v) is 3.54. The zero-order valence-electron chi connectivity index (χ0n) is 17.0. The number of rotatable bonds is 7. The molecule has 0 saturated heterocycles. The van der Waals surface area contributed by atoms with Gasteiger partial charge in [-0.05, 0) is 60.9 Å². The molecule has 3 aromatic carbocycles. The average molecular weight is 417 g/mol. The highest BCUT2D eigenvalue weighted by Gasteiger charge is 2.07. The monoisotopic (exact) mass is 416 g/mol. The van der Waals surface area contributed by atoms with Gasteiger partial charge in [0.15, 0.2) is 0 Å². The van der Waals surface area contributed by atoms with Crippen LogP contribution >= 0.6 is 11.8 Å². The van der Waals surface area contributed by atoms with Gasteiger partial charge in [-0.25, -0.2) is 0 Å². The highest BCUT2D eigenvalue weighted by atomic mass is 32.2. The topological polar surface area (TPSA) is 58.2 Å². The van der Waals surface area contributed by atoms with E-state index in [0.29, 0.717) is 11.4 Å². The number of benzene rings is 3. The van der Waals surface area contributed by atoms with Gasteiger partial charge in [-0.15, -0.1) is 11.8 Å². The van der Waals surface area contributed by atoms with Crippen LogP contribution in [0.4, 0.5) is 11.4 Å². The van der Waals surface area contributed by atoms with Gasteiger partial charge in [-0.2, -0.15) is 0 Å². The maximum absolute atomic E-state index is 12.3. The third-order valence-electron chi connectivity index (χ3n) is 4.37. The van der Waals surface area contributed by atoms with E-state index in [-0.39, 0.29) is 11.8 Å². The molecule has 0 spiro atoms. The Bertz CT molecular complexity index is 1060. The van der Waals surface area contributed by atoms with Crippen molar-refractivity contribution >= 4 is 41.0 Å². The van der Waals surface area contributed by atoms with Gasteiger partial charge >= 0.3 is 0 Å². The summed E-state index contributed by atoms with van der Waals surface area (Å²) < 4.78 is 0. The summed E-state index contributed by atoms with van der Waals surface area (Å²) in [4.78, 5) is 25.4. The SMILES string of the molecule is Cc1ccc(C)c(NC(=O)CSc2cccc(NC(=O)/C=C/c3ccccc3)c2)c1. The highest BCUT2D eigenvalue weighted by molar-refractivity contribution is 8.00. The summed E-state index contributed by atoms with van der Waals surface area (Å²) >= 11 is 1.43. The molecule has 2 N–H and O–H groups in total. The Morgan fingerprint density at radius 1 is 0.900 bits per heavy atom. The lowest BCUT2D eigenvalue weighted by molar-refractivity contribution is -0.114. The average Bonchev–Trinajstić information content (AvgIpc) is 2.74. The van der Waals surface area contributed by atoms with Gasteiger partial charge in [0.1, 0.15) is 0 Å². The van der Waals surface area contributed by atoms with Gasteiger partial charge < -0.3 is 10.6 Å². The molecule has 0 aliphatic rings. The smallest absolute Gasteiger partial charge is 0.248 e. The van der Waals surface area contributed by atoms with Crippen molar-refractivity contribution in [1.29, 1.82) is 0 Å². The summed E-state index contributed by atoms with van der Waals surface area (Å²) in [6.45, 7) is 3.97. The van der Waals surface area contributed by atoms with Crippen molar-refractivity contribution in [3.8, 4) is 0 Å². The van der Waals surface area contributed by atoms with Crippen LogP contribution in [0.15, 0.2) is 83.8 Å². The van der Waals surface area contributed by atoms with Gasteiger partial charge in [0, 0.05) is 22.3 Å². The summed E-state index contributed by atoms with van der Waals surface area (Å²) in [5.41, 5.74) is 4.64. The molecule has 0 aliphatic carbocycles. The number of anilines is 2. The molecule has 0 bridgehead atoms. The van der Waals surface area contributed by atoms with Crippen LogP contribution < -0.4 is 10.6 Å². The van der Waals surface area contributed by atoms with E-state index in [9.17, 15) is 9.59 Å². The Balaban J connectivity index is 1.53. The minimum atomic E-state index is -0.200. The molecule has 3 aromatic rings. The molecule has 3 rings (SSSR count). The van der Waals surface area contributed by atoms with Crippen LogP contribution in [0.3, 0.4) is 0 Å². The molecule has 2 amide bonds. The zero-order chi connectivity index (χ0) is 21.3. The molecule has 0 atom stereocenters. The predicted octanol–water partition coefficient (Wildman–Crippen LogP) is 5.69. The number of amides is 2. The Labute approximate surface area is 181 Å². The van der Waals surface area contributed by atoms with Crippen LogP contribution in [0.1, 0.15) is 16.7 Å². The maximum Gasteiger partial charge on any atom is 0.248 e. The molecular formula is C25H24N2O2S. The molecule has 0 fully saturated rings. The van der Waals surface area contributed by atoms with Crippen molar-refractivity contribution in [2.75, 3.05) is 16.4 Å². The molecule has 4 nitrogen and oxygen atoms in total. The van der Waals surface area contributed by atoms with Crippen LogP contribution in [0.25, 0.3) is 6.08 Å². The molecule has 152 valence electrons. The lowest BCUT2D eigenvalue weighted by Crippen LogP contribution is -2.15. The van der Waals surface area contributed by atoms with E-state index < -0.39 is 0 Å². The first-order valence-corrected chi connectivity index (χ1v) is 10.6. The van der Waals surface area contributed by atoms with Gasteiger partial charge in [0.25, 0.3) is 0 Å². The summed E-state index contributed by atoms with van der Waals surface area (Å²) in [5, 5.41) is 5.82. The molecule has 0 heterocycles. The van der Waals surface area contributed by atoms with Crippen LogP contribution in [0.5, 0.6) is 0 Å². The number of aryl methyl sites for hydroxylation is 2. The second kappa shape index (κ2) is 10.5. The van der Waals surface area contributed by atoms with E-state index in [1.54, 1.807) is 6.08 Å². The van der Waals surface area contributed by atoms with Crippen molar-refractivity contribution in [2.24, 2.45) is 0 Å². The number of nitrogens with one attached hydrogen (secondary N) is 2. The third-order valence-corrected chi connectivity index (χ3v) is 5.36. The molecule has 0 radical (unpaired) electrons. The number of hydrogen-bond acceptors (Lipinski definition) is 3. The summed E-state index contributed by atoms with van der Waals surface area (Å²) in [6.07, 6.45) is 3.28. The fourth-order valence-electron chi connectivity index (χ4n) is 2.79. The fraction of sp³-hybridized carbons (Fsp3) is 0.120. The van der Waals surface area contributed by atoms with Crippen LogP contribution in [-0.2, 0) is 9.59 Å². The highest BCUT2D eigenvalue weighted by Crippen LogP contribution is 2.23. The van der Waals surface area contributed by atoms with Crippen molar-refractivity contribution < 1.29 is 9.59 Å². The zero-order valence-corrected chi connectivity index (χ0v) is 17.8. The van der Waals surface area contributed by atoms with Crippen molar-refractivity contribution in [2.45, 2.75) is 18.7 Å². The first-order valence-electron chi connectivity index (χ1n) is 9.64. The van der Waals surface area contributed by atoms with Gasteiger partial charge in [-0.3, -0.25) is 9.59 Å². The Hall–Kier alpha value is -3.31. The number of thioether (sulfide) groups is 1. The second-order valence-corrected chi connectivity index (χ2v) is 7.97. The van der Waals surface area contributed by atoms with Crippen LogP contribution in [0.2, 0.25) is 0 Å². The molecular weight excluding hydrogens is 392 g/mol. The molecule has 0 unspecified atom stereocenters. The largest absolute Gasteiger partial charge is 0.325 e. The van der Waals surface area contributed by atoms with E-state index in [1.807, 2.05) is 86.6 Å². The third kappa shape index (κ3) is 6.64. The molecule has 5 heteroatoms. The minimum Gasteiger partial charge on any atom is -0.325 e. The van der Waals surface area contributed by atoms with E-state index in [1.165, 1.54) is 17.8 Å². The first kappa shape index (κ1) is 21.4. The van der Waals surface area contributed by atoms with Crippen molar-refractivity contribution in [3.05, 3.63) is 95.6 Å². The Morgan fingerprint density at radius 2 is 1.70 bits per heavy atom. The number of carbonyl (C=O) groups excluding carboxylic acids is 2. The predicted molar refractivity (Wildman–Crippen MR) is 126 cm³/mol. The maximum atomic E-state index is 12.3. The lowest BCUT2D eigenvalue weighted by Gasteiger charge is -2.10. The van der Waals surface area contributed by atoms with E-state index in [0.717, 1.165) is 27.3 Å². The first-order chi connectivity index (χ1) is 14.5. The number of carbonyl (C=O) groups is 2. The van der Waals surface area contributed by atoms with Gasteiger partial charge in [-0.1, -0.05) is 48.5 Å². The Kier molecular flexibility index (Phi) is 7.46. The van der Waals surface area contributed by atoms with E-state index in [4.69, 9.17) is 0 Å². The minimum absolute atomic E-state index is 0.0612. The lowest BCUT2D eigenvalue weighted by atomic mass is 10.1. The molecule has 0 aliphatic heterocycles. The molecule has 30 heavy (non-hydrogen) atoms. The van der Waals surface area contributed by atoms with Crippen molar-refractivity contribution in [1.82, 2.24) is 0 Å². The Morgan fingerprint density at radius 3 is 2.50 bits per heavy atom. The standard InChI is InChI=1S/C25H24N2O2S/c1-18-11-12-19(2)23(15-18)27-25(29)17-30-22-10-6-9-21(16-22)26-24(28)14-13-20-7-4-3-5-8-20/h3-16H,17H2,1-2H3,(H,26,28)(H,27,29)/b14-13+. The van der Waals surface area contributed by atoms with E-state index >= 15 is 0 Å². The van der Waals surface area contributed by atoms with Gasteiger partial charge in [0.2, 0.25) is 11.8 Å². The van der Waals surface area contributed by atoms with Gasteiger partial charge in [0.05, 0.1) is 5.75 Å². The number of hydrogen-bond donors (Lipinski definition) is 2. The quantitative estimate of drug-likeness (QED) is 0.384. The molecule has 0 saturated carbocycles. The summed E-state index contributed by atoms with van der Waals surface area (Å²) in [6, 6.07) is 23.1. The van der Waals surface area contributed by atoms with Crippen LogP contribution in [0, 0.1) is 13.8 Å². The second-order valence-electron chi connectivity index (χ2n) is 6.92. The summed E-state index contributed by atoms with van der Waals surface area (Å²) in [7, 11) is 0. The van der Waals surface area contributed by atoms with Crippen molar-refractivity contribution in [3.63, 3.8) is 0 Å².